The van der Waals surface area contributed by atoms with Crippen LogP contribution in [-0.4, -0.2) is 35.4 Å². The first-order valence-electron chi connectivity index (χ1n) is 5.57. The van der Waals surface area contributed by atoms with E-state index >= 15 is 0 Å². The molecule has 0 aromatic carbocycles. The first-order valence-corrected chi connectivity index (χ1v) is 6.73. The third kappa shape index (κ3) is 2.46. The van der Waals surface area contributed by atoms with Crippen molar-refractivity contribution in [3.63, 3.8) is 0 Å². The van der Waals surface area contributed by atoms with Gasteiger partial charge in [0, 0.05) is 30.7 Å². The van der Waals surface area contributed by atoms with E-state index in [1.165, 1.54) is 0 Å². The van der Waals surface area contributed by atoms with Gasteiger partial charge in [-0.25, -0.2) is 0 Å². The average molecular weight is 224 g/mol. The van der Waals surface area contributed by atoms with E-state index in [-0.39, 0.29) is 11.8 Å². The average Bonchev–Trinajstić information content (AvgIpc) is 2.82. The minimum Gasteiger partial charge on any atom is -0.342 e. The number of piperidine rings is 1. The second-order valence-corrected chi connectivity index (χ2v) is 5.44. The molecule has 0 spiro atoms. The zero-order valence-corrected chi connectivity index (χ0v) is 9.63. The first-order chi connectivity index (χ1) is 7.31. The van der Waals surface area contributed by atoms with Gasteiger partial charge in [-0.15, -0.1) is 0 Å². The third-order valence-corrected chi connectivity index (χ3v) is 4.43. The molecule has 0 N–H and O–H groups in total. The van der Waals surface area contributed by atoms with Crippen molar-refractivity contribution in [3.05, 3.63) is 0 Å². The Morgan fingerprint density at radius 2 is 2.07 bits per heavy atom. The van der Waals surface area contributed by atoms with Gasteiger partial charge in [-0.3, -0.25) is 4.79 Å². The lowest BCUT2D eigenvalue weighted by Crippen LogP contribution is -2.41. The second-order valence-electron chi connectivity index (χ2n) is 4.29. The molecule has 4 heteroatoms. The Labute approximate surface area is 94.8 Å². The molecule has 0 saturated carbocycles. The van der Waals surface area contributed by atoms with Gasteiger partial charge >= 0.3 is 0 Å². The van der Waals surface area contributed by atoms with Gasteiger partial charge in [-0.05, 0) is 25.0 Å². The van der Waals surface area contributed by atoms with Crippen molar-refractivity contribution in [1.82, 2.24) is 4.90 Å². The van der Waals surface area contributed by atoms with Crippen LogP contribution in [0.1, 0.15) is 19.3 Å². The molecule has 0 bridgehead atoms. The highest BCUT2D eigenvalue weighted by Crippen LogP contribution is 2.27. The van der Waals surface area contributed by atoms with Gasteiger partial charge < -0.3 is 4.90 Å². The SMILES string of the molecule is N#CC1CCN(C(=O)C2CCSC2)CC1. The molecule has 82 valence electrons. The molecular formula is C11H16N2OS. The quantitative estimate of drug-likeness (QED) is 0.678. The minimum absolute atomic E-state index is 0.173. The second kappa shape index (κ2) is 4.89. The number of hydrogen-bond acceptors (Lipinski definition) is 3. The summed E-state index contributed by atoms with van der Waals surface area (Å²) in [5.74, 6) is 2.89. The molecule has 2 rings (SSSR count). The lowest BCUT2D eigenvalue weighted by Gasteiger charge is -2.31. The fourth-order valence-electron chi connectivity index (χ4n) is 2.22. The fourth-order valence-corrected chi connectivity index (χ4v) is 3.43. The number of rotatable bonds is 1. The molecule has 1 amide bonds. The van der Waals surface area contributed by atoms with Crippen molar-refractivity contribution in [2.75, 3.05) is 24.6 Å². The largest absolute Gasteiger partial charge is 0.342 e. The molecule has 2 fully saturated rings. The van der Waals surface area contributed by atoms with Crippen LogP contribution in [0.25, 0.3) is 0 Å². The van der Waals surface area contributed by atoms with Crippen molar-refractivity contribution in [2.24, 2.45) is 11.8 Å². The van der Waals surface area contributed by atoms with E-state index in [0.717, 1.165) is 43.9 Å². The Hall–Kier alpha value is -0.690. The van der Waals surface area contributed by atoms with Crippen LogP contribution in [0.4, 0.5) is 0 Å². The van der Waals surface area contributed by atoms with E-state index in [4.69, 9.17) is 5.26 Å². The van der Waals surface area contributed by atoms with Gasteiger partial charge in [-0.2, -0.15) is 17.0 Å². The lowest BCUT2D eigenvalue weighted by atomic mass is 9.97. The first kappa shape index (κ1) is 10.8. The molecule has 1 unspecified atom stereocenters. The van der Waals surface area contributed by atoms with Gasteiger partial charge in [0.1, 0.15) is 0 Å². The summed E-state index contributed by atoms with van der Waals surface area (Å²) in [6.45, 7) is 1.58. The van der Waals surface area contributed by atoms with Gasteiger partial charge in [-0.1, -0.05) is 0 Å². The van der Waals surface area contributed by atoms with Crippen molar-refractivity contribution in [1.29, 1.82) is 5.26 Å². The van der Waals surface area contributed by atoms with Crippen molar-refractivity contribution >= 4 is 17.7 Å². The number of nitriles is 1. The molecule has 2 heterocycles. The lowest BCUT2D eigenvalue weighted by molar-refractivity contribution is -0.135. The maximum Gasteiger partial charge on any atom is 0.226 e. The van der Waals surface area contributed by atoms with E-state index in [1.807, 2.05) is 16.7 Å². The summed E-state index contributed by atoms with van der Waals surface area (Å²) in [6, 6.07) is 2.29. The van der Waals surface area contributed by atoms with Crippen LogP contribution in [-0.2, 0) is 4.79 Å². The summed E-state index contributed by atoms with van der Waals surface area (Å²) in [6.07, 6.45) is 2.77. The van der Waals surface area contributed by atoms with Crippen LogP contribution in [0.2, 0.25) is 0 Å². The van der Waals surface area contributed by atoms with Crippen molar-refractivity contribution in [2.45, 2.75) is 19.3 Å². The summed E-state index contributed by atoms with van der Waals surface area (Å²) in [4.78, 5) is 14.0. The predicted molar refractivity (Wildman–Crippen MR) is 60.3 cm³/mol. The Balaban J connectivity index is 1.84. The standard InChI is InChI=1S/C11H16N2OS/c12-7-9-1-4-13(5-2-9)11(14)10-3-6-15-8-10/h9-10H,1-6,8H2. The van der Waals surface area contributed by atoms with Crippen LogP contribution in [0, 0.1) is 23.2 Å². The molecule has 1 atom stereocenters. The molecule has 2 saturated heterocycles. The third-order valence-electron chi connectivity index (χ3n) is 3.27. The summed E-state index contributed by atoms with van der Waals surface area (Å²) in [5.41, 5.74) is 0. The Bertz CT molecular complexity index is 273. The Morgan fingerprint density at radius 1 is 1.33 bits per heavy atom. The highest BCUT2D eigenvalue weighted by atomic mass is 32.2. The smallest absolute Gasteiger partial charge is 0.226 e. The number of likely N-dealkylation sites (tertiary alicyclic amines) is 1. The highest BCUT2D eigenvalue weighted by Gasteiger charge is 2.30. The van der Waals surface area contributed by atoms with Crippen molar-refractivity contribution in [3.8, 4) is 6.07 Å². The van der Waals surface area contributed by atoms with Gasteiger partial charge in [0.2, 0.25) is 5.91 Å². The molecule has 2 aliphatic heterocycles. The topological polar surface area (TPSA) is 44.1 Å². The number of nitrogens with zero attached hydrogens (tertiary/aromatic N) is 2. The molecule has 15 heavy (non-hydrogen) atoms. The molecule has 0 aromatic rings. The summed E-state index contributed by atoms with van der Waals surface area (Å²) >= 11 is 1.88. The molecule has 0 aliphatic carbocycles. The van der Waals surface area contributed by atoms with Gasteiger partial charge in [0.05, 0.1) is 6.07 Å². The zero-order valence-electron chi connectivity index (χ0n) is 8.82. The molecule has 3 nitrogen and oxygen atoms in total. The number of carbonyl (C=O) groups is 1. The number of hydrogen-bond donors (Lipinski definition) is 0. The van der Waals surface area contributed by atoms with E-state index in [0.29, 0.717) is 5.91 Å². The van der Waals surface area contributed by atoms with Crippen molar-refractivity contribution < 1.29 is 4.79 Å². The maximum atomic E-state index is 12.0. The van der Waals surface area contributed by atoms with Crippen LogP contribution >= 0.6 is 11.8 Å². The van der Waals surface area contributed by atoms with Gasteiger partial charge in [0.25, 0.3) is 0 Å². The van der Waals surface area contributed by atoms with E-state index in [9.17, 15) is 4.79 Å². The number of thioether (sulfide) groups is 1. The van der Waals surface area contributed by atoms with E-state index in [2.05, 4.69) is 6.07 Å². The van der Waals surface area contributed by atoms with Crippen LogP contribution in [0.15, 0.2) is 0 Å². The summed E-state index contributed by atoms with van der Waals surface area (Å²) in [7, 11) is 0. The monoisotopic (exact) mass is 224 g/mol. The molecule has 2 aliphatic rings. The van der Waals surface area contributed by atoms with E-state index in [1.54, 1.807) is 0 Å². The number of carbonyl (C=O) groups excluding carboxylic acids is 1. The Kier molecular flexibility index (Phi) is 3.53. The van der Waals surface area contributed by atoms with E-state index < -0.39 is 0 Å². The maximum absolute atomic E-state index is 12.0. The predicted octanol–water partition coefficient (Wildman–Crippen LogP) is 1.50. The molecular weight excluding hydrogens is 208 g/mol. The Morgan fingerprint density at radius 3 is 2.60 bits per heavy atom. The zero-order chi connectivity index (χ0) is 10.7. The van der Waals surface area contributed by atoms with Crippen LogP contribution < -0.4 is 0 Å². The van der Waals surface area contributed by atoms with Crippen LogP contribution in [0.3, 0.4) is 0 Å². The number of amides is 1. The fraction of sp³-hybridized carbons (Fsp3) is 0.818. The normalized spacial score (nSPS) is 27.7. The summed E-state index contributed by atoms with van der Waals surface area (Å²) in [5, 5.41) is 8.77. The highest BCUT2D eigenvalue weighted by molar-refractivity contribution is 7.99. The summed E-state index contributed by atoms with van der Waals surface area (Å²) < 4.78 is 0. The minimum atomic E-state index is 0.173. The van der Waals surface area contributed by atoms with Crippen LogP contribution in [0.5, 0.6) is 0 Å². The van der Waals surface area contributed by atoms with Gasteiger partial charge in [0.15, 0.2) is 0 Å². The molecule has 0 radical (unpaired) electrons. The molecule has 0 aromatic heterocycles.